The van der Waals surface area contributed by atoms with Crippen molar-refractivity contribution in [2.24, 2.45) is 0 Å². The Morgan fingerprint density at radius 2 is 2.14 bits per heavy atom. The molecule has 2 aromatic rings. The number of halogens is 1. The third-order valence-electron chi connectivity index (χ3n) is 3.92. The summed E-state index contributed by atoms with van der Waals surface area (Å²) in [6, 6.07) is 8.50. The van der Waals surface area contributed by atoms with Crippen molar-refractivity contribution in [2.45, 2.75) is 45.1 Å². The van der Waals surface area contributed by atoms with Crippen molar-refractivity contribution in [1.82, 2.24) is 9.97 Å². The summed E-state index contributed by atoms with van der Waals surface area (Å²) in [6.07, 6.45) is 6.66. The van der Waals surface area contributed by atoms with Crippen molar-refractivity contribution < 1.29 is 4.74 Å². The SMILES string of the molecule is CCCc1c(Cl)ncnc1OC1CCCc2ccccc21. The summed E-state index contributed by atoms with van der Waals surface area (Å²) in [5.41, 5.74) is 3.58. The number of benzene rings is 1. The molecule has 110 valence electrons. The van der Waals surface area contributed by atoms with Crippen LogP contribution in [0.2, 0.25) is 5.15 Å². The molecule has 3 rings (SSSR count). The maximum Gasteiger partial charge on any atom is 0.221 e. The summed E-state index contributed by atoms with van der Waals surface area (Å²) in [5.74, 6) is 0.638. The van der Waals surface area contributed by atoms with Crippen LogP contribution >= 0.6 is 11.6 Å². The van der Waals surface area contributed by atoms with Crippen molar-refractivity contribution in [3.63, 3.8) is 0 Å². The predicted octanol–water partition coefficient (Wildman–Crippen LogP) is 4.54. The van der Waals surface area contributed by atoms with Crippen LogP contribution in [0.15, 0.2) is 30.6 Å². The zero-order valence-electron chi connectivity index (χ0n) is 12.2. The van der Waals surface area contributed by atoms with Crippen LogP contribution in [0.5, 0.6) is 5.88 Å². The second-order valence-electron chi connectivity index (χ2n) is 5.40. The fraction of sp³-hybridized carbons (Fsp3) is 0.412. The Balaban J connectivity index is 1.90. The van der Waals surface area contributed by atoms with Crippen molar-refractivity contribution in [1.29, 1.82) is 0 Å². The Morgan fingerprint density at radius 3 is 3.00 bits per heavy atom. The van der Waals surface area contributed by atoms with Gasteiger partial charge < -0.3 is 4.74 Å². The van der Waals surface area contributed by atoms with Gasteiger partial charge >= 0.3 is 0 Å². The smallest absolute Gasteiger partial charge is 0.221 e. The maximum atomic E-state index is 6.21. The van der Waals surface area contributed by atoms with Crippen molar-refractivity contribution in [2.75, 3.05) is 0 Å². The number of hydrogen-bond donors (Lipinski definition) is 0. The third kappa shape index (κ3) is 3.03. The minimum Gasteiger partial charge on any atom is -0.469 e. The van der Waals surface area contributed by atoms with Crippen LogP contribution in [0, 0.1) is 0 Å². The standard InChI is InChI=1S/C17H19ClN2O/c1-2-6-14-16(18)19-11-20-17(14)21-15-10-5-8-12-7-3-4-9-13(12)15/h3-4,7,9,11,15H,2,5-6,8,10H2,1H3. The molecule has 1 unspecified atom stereocenters. The fourth-order valence-electron chi connectivity index (χ4n) is 2.90. The molecular formula is C17H19ClN2O. The first-order chi connectivity index (χ1) is 10.3. The molecule has 1 atom stereocenters. The average Bonchev–Trinajstić information content (AvgIpc) is 2.51. The van der Waals surface area contributed by atoms with Gasteiger partial charge in [-0.05, 0) is 36.8 Å². The maximum absolute atomic E-state index is 6.21. The Bertz CT molecular complexity index is 630. The van der Waals surface area contributed by atoms with E-state index in [1.54, 1.807) is 0 Å². The lowest BCUT2D eigenvalue weighted by molar-refractivity contribution is 0.173. The van der Waals surface area contributed by atoms with Gasteiger partial charge in [0.05, 0.1) is 5.56 Å². The van der Waals surface area contributed by atoms with Gasteiger partial charge in [0.2, 0.25) is 5.88 Å². The molecule has 4 heteroatoms. The van der Waals surface area contributed by atoms with Crippen LogP contribution in [0.4, 0.5) is 0 Å². The fourth-order valence-corrected chi connectivity index (χ4v) is 3.12. The Labute approximate surface area is 130 Å². The first kappa shape index (κ1) is 14.3. The Hall–Kier alpha value is -1.61. The van der Waals surface area contributed by atoms with E-state index < -0.39 is 0 Å². The minimum atomic E-state index is 0.0662. The van der Waals surface area contributed by atoms with Gasteiger partial charge in [-0.2, -0.15) is 0 Å². The summed E-state index contributed by atoms with van der Waals surface area (Å²) >= 11 is 6.19. The third-order valence-corrected chi connectivity index (χ3v) is 4.25. The van der Waals surface area contributed by atoms with Gasteiger partial charge in [0, 0.05) is 0 Å². The molecule has 1 aliphatic rings. The Morgan fingerprint density at radius 1 is 1.29 bits per heavy atom. The highest BCUT2D eigenvalue weighted by Crippen LogP contribution is 2.35. The molecular weight excluding hydrogens is 284 g/mol. The molecule has 0 N–H and O–H groups in total. The van der Waals surface area contributed by atoms with Crippen LogP contribution in [0.25, 0.3) is 0 Å². The molecule has 0 radical (unpaired) electrons. The molecule has 0 spiro atoms. The number of nitrogens with zero attached hydrogens (tertiary/aromatic N) is 2. The van der Waals surface area contributed by atoms with Gasteiger partial charge in [0.25, 0.3) is 0 Å². The highest BCUT2D eigenvalue weighted by atomic mass is 35.5. The van der Waals surface area contributed by atoms with Gasteiger partial charge in [0.1, 0.15) is 17.6 Å². The second-order valence-corrected chi connectivity index (χ2v) is 5.75. The van der Waals surface area contributed by atoms with Crippen LogP contribution in [0.3, 0.4) is 0 Å². The number of aryl methyl sites for hydroxylation is 1. The van der Waals surface area contributed by atoms with Crippen LogP contribution < -0.4 is 4.74 Å². The zero-order valence-corrected chi connectivity index (χ0v) is 12.9. The van der Waals surface area contributed by atoms with E-state index in [0.717, 1.165) is 37.7 Å². The molecule has 1 aromatic heterocycles. The van der Waals surface area contributed by atoms with Gasteiger partial charge in [-0.3, -0.25) is 0 Å². The van der Waals surface area contributed by atoms with Crippen LogP contribution in [0.1, 0.15) is 49.0 Å². The van der Waals surface area contributed by atoms with E-state index in [4.69, 9.17) is 16.3 Å². The summed E-state index contributed by atoms with van der Waals surface area (Å²) in [5, 5.41) is 0.506. The second kappa shape index (κ2) is 6.44. The molecule has 0 fully saturated rings. The lowest BCUT2D eigenvalue weighted by Crippen LogP contribution is -2.16. The van der Waals surface area contributed by atoms with E-state index in [1.165, 1.54) is 17.5 Å². The monoisotopic (exact) mass is 302 g/mol. The summed E-state index contributed by atoms with van der Waals surface area (Å²) < 4.78 is 6.21. The highest BCUT2D eigenvalue weighted by molar-refractivity contribution is 6.30. The Kier molecular flexibility index (Phi) is 4.39. The summed E-state index contributed by atoms with van der Waals surface area (Å²) in [7, 11) is 0. The van der Waals surface area contributed by atoms with Crippen molar-refractivity contribution in [3.8, 4) is 5.88 Å². The number of ether oxygens (including phenoxy) is 1. The summed E-state index contributed by atoms with van der Waals surface area (Å²) in [6.45, 7) is 2.11. The predicted molar refractivity (Wildman–Crippen MR) is 83.8 cm³/mol. The number of fused-ring (bicyclic) bond motifs is 1. The molecule has 0 saturated carbocycles. The quantitative estimate of drug-likeness (QED) is 0.778. The van der Waals surface area contributed by atoms with Gasteiger partial charge in [-0.25, -0.2) is 9.97 Å². The van der Waals surface area contributed by atoms with Gasteiger partial charge in [-0.15, -0.1) is 0 Å². The molecule has 3 nitrogen and oxygen atoms in total. The van der Waals surface area contributed by atoms with E-state index in [9.17, 15) is 0 Å². The zero-order chi connectivity index (χ0) is 14.7. The van der Waals surface area contributed by atoms with E-state index in [1.807, 2.05) is 0 Å². The van der Waals surface area contributed by atoms with E-state index in [0.29, 0.717) is 11.0 Å². The molecule has 0 bridgehead atoms. The highest BCUT2D eigenvalue weighted by Gasteiger charge is 2.23. The molecule has 21 heavy (non-hydrogen) atoms. The first-order valence-corrected chi connectivity index (χ1v) is 7.91. The molecule has 1 aromatic carbocycles. The molecule has 1 aliphatic carbocycles. The molecule has 0 saturated heterocycles. The number of hydrogen-bond acceptors (Lipinski definition) is 3. The molecule has 0 amide bonds. The van der Waals surface area contributed by atoms with E-state index >= 15 is 0 Å². The topological polar surface area (TPSA) is 35.0 Å². The largest absolute Gasteiger partial charge is 0.469 e. The first-order valence-electron chi connectivity index (χ1n) is 7.53. The molecule has 1 heterocycles. The minimum absolute atomic E-state index is 0.0662. The normalized spacial score (nSPS) is 17.3. The number of rotatable bonds is 4. The van der Waals surface area contributed by atoms with Gasteiger partial charge in [0.15, 0.2) is 0 Å². The summed E-state index contributed by atoms with van der Waals surface area (Å²) in [4.78, 5) is 8.38. The number of aromatic nitrogens is 2. The van der Waals surface area contributed by atoms with Crippen molar-refractivity contribution >= 4 is 11.6 Å². The lowest BCUT2D eigenvalue weighted by Gasteiger charge is -2.26. The lowest BCUT2D eigenvalue weighted by atomic mass is 9.89. The average molecular weight is 303 g/mol. The van der Waals surface area contributed by atoms with Crippen molar-refractivity contribution in [3.05, 3.63) is 52.4 Å². The van der Waals surface area contributed by atoms with Gasteiger partial charge in [-0.1, -0.05) is 49.2 Å². The van der Waals surface area contributed by atoms with Crippen LogP contribution in [-0.2, 0) is 12.8 Å². The van der Waals surface area contributed by atoms with Crippen LogP contribution in [-0.4, -0.2) is 9.97 Å². The molecule has 0 aliphatic heterocycles. The van der Waals surface area contributed by atoms with E-state index in [-0.39, 0.29) is 6.10 Å². The van der Waals surface area contributed by atoms with E-state index in [2.05, 4.69) is 41.2 Å².